The van der Waals surface area contributed by atoms with Gasteiger partial charge in [-0.1, -0.05) is 0 Å². The number of nitrogens with zero attached hydrogens (tertiary/aromatic N) is 2. The highest BCUT2D eigenvalue weighted by molar-refractivity contribution is 6.05. The van der Waals surface area contributed by atoms with Crippen molar-refractivity contribution in [1.82, 2.24) is 15.1 Å². The maximum absolute atomic E-state index is 12.8. The number of benzene rings is 1. The molecule has 3 heterocycles. The number of fused-ring (bicyclic) bond motifs is 1. The summed E-state index contributed by atoms with van der Waals surface area (Å²) in [6.07, 6.45) is 2.95. The molecule has 0 aromatic heterocycles. The number of ether oxygens (including phenoxy) is 2. The van der Waals surface area contributed by atoms with Crippen molar-refractivity contribution in [3.8, 4) is 5.75 Å². The summed E-state index contributed by atoms with van der Waals surface area (Å²) >= 11 is 0. The molecule has 4 amide bonds. The largest absolute Gasteiger partial charge is 0.491 e. The van der Waals surface area contributed by atoms with E-state index >= 15 is 0 Å². The summed E-state index contributed by atoms with van der Waals surface area (Å²) in [5, 5.41) is 2.31. The second-order valence-corrected chi connectivity index (χ2v) is 8.59. The van der Waals surface area contributed by atoms with Gasteiger partial charge >= 0.3 is 0 Å². The van der Waals surface area contributed by atoms with Gasteiger partial charge in [0.2, 0.25) is 11.8 Å². The van der Waals surface area contributed by atoms with E-state index in [0.29, 0.717) is 37.4 Å². The Labute approximate surface area is 187 Å². The standard InChI is InChI=1S/C23H29N3O6/c1-14(31-2)22(29)25-10-4-3-5-16(25)13-32-17-6-7-18-15(11-17)12-26(23(18)30)19-8-9-20(27)24-21(19)28/h6-7,11,14,16,19H,3-5,8-10,12-13H2,1-2H3,(H,24,27,28)/t14-,16+,19?/m0/s1. The number of carbonyl (C=O) groups excluding carboxylic acids is 4. The molecule has 2 fully saturated rings. The highest BCUT2D eigenvalue weighted by atomic mass is 16.5. The van der Waals surface area contributed by atoms with E-state index in [-0.39, 0.29) is 30.2 Å². The average molecular weight is 444 g/mol. The lowest BCUT2D eigenvalue weighted by Gasteiger charge is -2.36. The minimum atomic E-state index is -0.637. The van der Waals surface area contributed by atoms with Gasteiger partial charge in [0.15, 0.2) is 0 Å². The highest BCUT2D eigenvalue weighted by Crippen LogP contribution is 2.30. The van der Waals surface area contributed by atoms with Crippen molar-refractivity contribution in [1.29, 1.82) is 0 Å². The molecular formula is C23H29N3O6. The molecule has 3 aliphatic heterocycles. The van der Waals surface area contributed by atoms with Crippen LogP contribution in [0.3, 0.4) is 0 Å². The molecule has 1 N–H and O–H groups in total. The quantitative estimate of drug-likeness (QED) is 0.664. The van der Waals surface area contributed by atoms with Crippen LogP contribution in [0.25, 0.3) is 0 Å². The molecule has 0 bridgehead atoms. The second kappa shape index (κ2) is 9.28. The maximum atomic E-state index is 12.8. The Kier molecular flexibility index (Phi) is 6.45. The van der Waals surface area contributed by atoms with Gasteiger partial charge < -0.3 is 19.3 Å². The number of hydrogen-bond acceptors (Lipinski definition) is 6. The first-order valence-corrected chi connectivity index (χ1v) is 11.1. The zero-order valence-corrected chi connectivity index (χ0v) is 18.5. The lowest BCUT2D eigenvalue weighted by Crippen LogP contribution is -2.52. The molecule has 0 aliphatic carbocycles. The molecule has 1 unspecified atom stereocenters. The van der Waals surface area contributed by atoms with E-state index in [4.69, 9.17) is 9.47 Å². The molecule has 3 aliphatic rings. The number of amides is 4. The minimum absolute atomic E-state index is 0.0243. The fourth-order valence-electron chi connectivity index (χ4n) is 4.63. The first-order chi connectivity index (χ1) is 15.4. The van der Waals surface area contributed by atoms with E-state index in [1.165, 1.54) is 12.0 Å². The number of carbonyl (C=O) groups is 4. The van der Waals surface area contributed by atoms with Crippen LogP contribution in [0.1, 0.15) is 54.9 Å². The van der Waals surface area contributed by atoms with Crippen LogP contribution in [-0.2, 0) is 25.7 Å². The van der Waals surface area contributed by atoms with Crippen molar-refractivity contribution in [3.05, 3.63) is 29.3 Å². The smallest absolute Gasteiger partial charge is 0.255 e. The Morgan fingerprint density at radius 1 is 1.22 bits per heavy atom. The van der Waals surface area contributed by atoms with Crippen LogP contribution in [0.15, 0.2) is 18.2 Å². The van der Waals surface area contributed by atoms with Crippen molar-refractivity contribution in [2.75, 3.05) is 20.3 Å². The summed E-state index contributed by atoms with van der Waals surface area (Å²) in [7, 11) is 1.53. The molecule has 0 spiro atoms. The van der Waals surface area contributed by atoms with Crippen LogP contribution >= 0.6 is 0 Å². The number of rotatable bonds is 6. The van der Waals surface area contributed by atoms with Gasteiger partial charge in [0.05, 0.1) is 6.04 Å². The Bertz CT molecular complexity index is 932. The minimum Gasteiger partial charge on any atom is -0.491 e. The Hall–Kier alpha value is -2.94. The van der Waals surface area contributed by atoms with Crippen molar-refractivity contribution < 1.29 is 28.7 Å². The first-order valence-electron chi connectivity index (χ1n) is 11.1. The van der Waals surface area contributed by atoms with Crippen LogP contribution in [0.5, 0.6) is 5.75 Å². The Balaban J connectivity index is 1.41. The third-order valence-corrected chi connectivity index (χ3v) is 6.55. The SMILES string of the molecule is CO[C@@H](C)C(=O)N1CCCC[C@@H]1COc1ccc2c(c1)CN(C1CCC(=O)NC1=O)C2=O. The van der Waals surface area contributed by atoms with Gasteiger partial charge in [-0.15, -0.1) is 0 Å². The molecule has 4 rings (SSSR count). The summed E-state index contributed by atoms with van der Waals surface area (Å²) in [5.74, 6) is -0.342. The highest BCUT2D eigenvalue weighted by Gasteiger charge is 2.39. The fraction of sp³-hybridized carbons (Fsp3) is 0.565. The third kappa shape index (κ3) is 4.34. The normalized spacial score (nSPS) is 24.2. The van der Waals surface area contributed by atoms with Gasteiger partial charge in [0, 0.05) is 32.2 Å². The van der Waals surface area contributed by atoms with E-state index in [2.05, 4.69) is 5.32 Å². The summed E-state index contributed by atoms with van der Waals surface area (Å²) in [4.78, 5) is 52.4. The molecule has 2 saturated heterocycles. The number of nitrogens with one attached hydrogen (secondary N) is 1. The number of piperidine rings is 2. The van der Waals surface area contributed by atoms with E-state index in [1.807, 2.05) is 11.0 Å². The summed E-state index contributed by atoms with van der Waals surface area (Å²) in [6, 6.07) is 4.63. The van der Waals surface area contributed by atoms with E-state index in [0.717, 1.165) is 24.8 Å². The van der Waals surface area contributed by atoms with Crippen molar-refractivity contribution in [2.45, 2.75) is 63.8 Å². The number of imide groups is 1. The van der Waals surface area contributed by atoms with Gasteiger partial charge in [-0.3, -0.25) is 24.5 Å². The number of hydrogen-bond donors (Lipinski definition) is 1. The van der Waals surface area contributed by atoms with Gasteiger partial charge in [-0.2, -0.15) is 0 Å². The molecule has 0 radical (unpaired) electrons. The van der Waals surface area contributed by atoms with Gasteiger partial charge in [-0.05, 0) is 56.4 Å². The Morgan fingerprint density at radius 2 is 2.03 bits per heavy atom. The lowest BCUT2D eigenvalue weighted by molar-refractivity contribution is -0.145. The van der Waals surface area contributed by atoms with Crippen LogP contribution in [-0.4, -0.2) is 71.9 Å². The molecule has 1 aromatic carbocycles. The predicted molar refractivity (Wildman–Crippen MR) is 114 cm³/mol. The van der Waals surface area contributed by atoms with E-state index in [9.17, 15) is 19.2 Å². The van der Waals surface area contributed by atoms with E-state index < -0.39 is 18.1 Å². The van der Waals surface area contributed by atoms with Crippen LogP contribution in [0.4, 0.5) is 0 Å². The molecule has 9 nitrogen and oxygen atoms in total. The van der Waals surface area contributed by atoms with Gasteiger partial charge in [-0.25, -0.2) is 0 Å². The van der Waals surface area contributed by atoms with Crippen LogP contribution < -0.4 is 10.1 Å². The molecule has 0 saturated carbocycles. The van der Waals surface area contributed by atoms with Gasteiger partial charge in [0.25, 0.3) is 11.8 Å². The molecular weight excluding hydrogens is 414 g/mol. The van der Waals surface area contributed by atoms with E-state index in [1.54, 1.807) is 19.1 Å². The average Bonchev–Trinajstić information content (AvgIpc) is 3.12. The second-order valence-electron chi connectivity index (χ2n) is 8.59. The molecule has 172 valence electrons. The summed E-state index contributed by atoms with van der Waals surface area (Å²) < 4.78 is 11.2. The van der Waals surface area contributed by atoms with Gasteiger partial charge in [0.1, 0.15) is 24.5 Å². The third-order valence-electron chi connectivity index (χ3n) is 6.55. The monoisotopic (exact) mass is 443 g/mol. The van der Waals surface area contributed by atoms with Crippen LogP contribution in [0, 0.1) is 0 Å². The maximum Gasteiger partial charge on any atom is 0.255 e. The molecule has 9 heteroatoms. The number of likely N-dealkylation sites (tertiary alicyclic amines) is 1. The van der Waals surface area contributed by atoms with Crippen molar-refractivity contribution in [3.63, 3.8) is 0 Å². The molecule has 1 aromatic rings. The Morgan fingerprint density at radius 3 is 2.78 bits per heavy atom. The predicted octanol–water partition coefficient (Wildman–Crippen LogP) is 1.24. The zero-order valence-electron chi connectivity index (χ0n) is 18.5. The van der Waals surface area contributed by atoms with Crippen LogP contribution in [0.2, 0.25) is 0 Å². The lowest BCUT2D eigenvalue weighted by atomic mass is 10.0. The summed E-state index contributed by atoms with van der Waals surface area (Å²) in [5.41, 5.74) is 1.34. The molecule has 32 heavy (non-hydrogen) atoms. The fourth-order valence-corrected chi connectivity index (χ4v) is 4.63. The van der Waals surface area contributed by atoms with Crippen molar-refractivity contribution >= 4 is 23.6 Å². The number of methoxy groups -OCH3 is 1. The molecule has 3 atom stereocenters. The zero-order chi connectivity index (χ0) is 22.8. The summed E-state index contributed by atoms with van der Waals surface area (Å²) in [6.45, 7) is 3.11. The topological polar surface area (TPSA) is 105 Å². The first kappa shape index (κ1) is 22.3. The van der Waals surface area contributed by atoms with Crippen molar-refractivity contribution in [2.24, 2.45) is 0 Å².